The van der Waals surface area contributed by atoms with E-state index in [0.29, 0.717) is 13.2 Å². The van der Waals surface area contributed by atoms with E-state index in [2.05, 4.69) is 0 Å². The van der Waals surface area contributed by atoms with Crippen LogP contribution in [0.15, 0.2) is 60.7 Å². The van der Waals surface area contributed by atoms with Crippen LogP contribution in [0, 0.1) is 0 Å². The molecule has 2 aromatic rings. The standard InChI is InChI=1S/C20H20O5/c21-16-13-24-20-19(23-12-15-9-5-2-6-10-15)18(17(16)25-20)22-11-14-7-3-1-4-8-14/h1-10,17-20H,11-13H2/t17-,18-,19+,20-/m0/s1. The quantitative estimate of drug-likeness (QED) is 0.809. The molecule has 0 aromatic heterocycles. The Morgan fingerprint density at radius 1 is 0.840 bits per heavy atom. The van der Waals surface area contributed by atoms with Crippen LogP contribution in [0.1, 0.15) is 11.1 Å². The summed E-state index contributed by atoms with van der Waals surface area (Å²) in [6, 6.07) is 19.7. The van der Waals surface area contributed by atoms with Crippen LogP contribution in [0.4, 0.5) is 0 Å². The lowest BCUT2D eigenvalue weighted by atomic mass is 10.1. The highest BCUT2D eigenvalue weighted by molar-refractivity contribution is 5.86. The second-order valence-corrected chi connectivity index (χ2v) is 6.22. The zero-order valence-electron chi connectivity index (χ0n) is 13.7. The lowest BCUT2D eigenvalue weighted by Crippen LogP contribution is -2.39. The molecule has 2 aliphatic rings. The SMILES string of the molecule is O=C1CO[C@H]2O[C@@H]1[C@H](OCc1ccccc1)[C@H]2OCc1ccccc1. The van der Waals surface area contributed by atoms with Gasteiger partial charge in [-0.25, -0.2) is 0 Å². The van der Waals surface area contributed by atoms with Crippen LogP contribution in [0.3, 0.4) is 0 Å². The van der Waals surface area contributed by atoms with Crippen LogP contribution in [-0.4, -0.2) is 37.0 Å². The number of carbonyl (C=O) groups is 1. The number of hydrogen-bond donors (Lipinski definition) is 0. The zero-order valence-corrected chi connectivity index (χ0v) is 13.7. The van der Waals surface area contributed by atoms with Gasteiger partial charge in [0.25, 0.3) is 0 Å². The summed E-state index contributed by atoms with van der Waals surface area (Å²) < 4.78 is 23.2. The summed E-state index contributed by atoms with van der Waals surface area (Å²) >= 11 is 0. The summed E-state index contributed by atoms with van der Waals surface area (Å²) in [4.78, 5) is 12.1. The summed E-state index contributed by atoms with van der Waals surface area (Å²) in [6.45, 7) is 0.864. The van der Waals surface area contributed by atoms with Gasteiger partial charge in [0.15, 0.2) is 18.2 Å². The van der Waals surface area contributed by atoms with Crippen LogP contribution in [-0.2, 0) is 37.0 Å². The fourth-order valence-electron chi connectivity index (χ4n) is 3.16. The van der Waals surface area contributed by atoms with Gasteiger partial charge in [0.05, 0.1) is 13.2 Å². The van der Waals surface area contributed by atoms with E-state index in [9.17, 15) is 4.79 Å². The molecule has 4 atom stereocenters. The third kappa shape index (κ3) is 3.65. The summed E-state index contributed by atoms with van der Waals surface area (Å²) in [5.74, 6) is -0.0971. The second-order valence-electron chi connectivity index (χ2n) is 6.22. The molecule has 0 spiro atoms. The Bertz CT molecular complexity index is 703. The Morgan fingerprint density at radius 2 is 1.40 bits per heavy atom. The monoisotopic (exact) mass is 340 g/mol. The molecule has 0 unspecified atom stereocenters. The van der Waals surface area contributed by atoms with E-state index < -0.39 is 24.6 Å². The third-order valence-electron chi connectivity index (χ3n) is 4.45. The molecule has 2 aliphatic heterocycles. The Hall–Kier alpha value is -2.05. The maximum Gasteiger partial charge on any atom is 0.190 e. The molecule has 130 valence electrons. The fourth-order valence-corrected chi connectivity index (χ4v) is 3.16. The molecule has 2 fully saturated rings. The maximum atomic E-state index is 12.1. The molecular formula is C20H20O5. The van der Waals surface area contributed by atoms with E-state index >= 15 is 0 Å². The van der Waals surface area contributed by atoms with Crippen LogP contribution in [0.2, 0.25) is 0 Å². The Morgan fingerprint density at radius 3 is 2.00 bits per heavy atom. The second kappa shape index (κ2) is 7.45. The summed E-state index contributed by atoms with van der Waals surface area (Å²) in [5, 5.41) is 0. The van der Waals surface area contributed by atoms with Crippen LogP contribution in [0.5, 0.6) is 0 Å². The van der Waals surface area contributed by atoms with E-state index in [1.165, 1.54) is 0 Å². The number of Topliss-reactive ketones (excluding diaryl/α,β-unsaturated/α-hetero) is 1. The first-order chi connectivity index (χ1) is 12.3. The first-order valence-corrected chi connectivity index (χ1v) is 8.42. The van der Waals surface area contributed by atoms with Gasteiger partial charge in [-0.2, -0.15) is 0 Å². The van der Waals surface area contributed by atoms with Gasteiger partial charge >= 0.3 is 0 Å². The summed E-state index contributed by atoms with van der Waals surface area (Å²) in [6.07, 6.45) is -2.08. The van der Waals surface area contributed by atoms with Crippen molar-refractivity contribution in [1.29, 1.82) is 0 Å². The van der Waals surface area contributed by atoms with Gasteiger partial charge in [-0.1, -0.05) is 60.7 Å². The first-order valence-electron chi connectivity index (χ1n) is 8.42. The highest BCUT2D eigenvalue weighted by Crippen LogP contribution is 2.32. The molecule has 5 nitrogen and oxygen atoms in total. The molecule has 4 rings (SSSR count). The van der Waals surface area contributed by atoms with Gasteiger partial charge in [-0.3, -0.25) is 4.79 Å². The third-order valence-corrected chi connectivity index (χ3v) is 4.45. The molecule has 0 saturated carbocycles. The number of hydrogen-bond acceptors (Lipinski definition) is 5. The van der Waals surface area contributed by atoms with Crippen molar-refractivity contribution in [2.75, 3.05) is 6.61 Å². The summed E-state index contributed by atoms with van der Waals surface area (Å²) in [7, 11) is 0. The number of fused-ring (bicyclic) bond motifs is 2. The summed E-state index contributed by atoms with van der Waals surface area (Å²) in [5.41, 5.74) is 2.09. The number of ether oxygens (including phenoxy) is 4. The number of ketones is 1. The lowest BCUT2D eigenvalue weighted by molar-refractivity contribution is -0.205. The average Bonchev–Trinajstić information content (AvgIpc) is 2.96. The fraction of sp³-hybridized carbons (Fsp3) is 0.350. The van der Waals surface area contributed by atoms with Gasteiger partial charge in [-0.15, -0.1) is 0 Å². The maximum absolute atomic E-state index is 12.1. The molecule has 0 N–H and O–H groups in total. The van der Waals surface area contributed by atoms with Gasteiger partial charge < -0.3 is 18.9 Å². The highest BCUT2D eigenvalue weighted by Gasteiger charge is 2.53. The molecule has 0 aliphatic carbocycles. The van der Waals surface area contributed by atoms with Crippen molar-refractivity contribution in [3.05, 3.63) is 71.8 Å². The van der Waals surface area contributed by atoms with Gasteiger partial charge in [0.2, 0.25) is 0 Å². The van der Waals surface area contributed by atoms with Crippen LogP contribution in [0.25, 0.3) is 0 Å². The molecule has 25 heavy (non-hydrogen) atoms. The van der Waals surface area contributed by atoms with Crippen molar-refractivity contribution < 1.29 is 23.7 Å². The van der Waals surface area contributed by atoms with Gasteiger partial charge in [0.1, 0.15) is 18.8 Å². The largest absolute Gasteiger partial charge is 0.367 e. The van der Waals surface area contributed by atoms with E-state index in [1.54, 1.807) is 0 Å². The first kappa shape index (κ1) is 16.4. The minimum Gasteiger partial charge on any atom is -0.367 e. The Kier molecular flexibility index (Phi) is 4.90. The van der Waals surface area contributed by atoms with Crippen molar-refractivity contribution in [2.45, 2.75) is 37.8 Å². The molecule has 5 heteroatoms. The predicted molar refractivity (Wildman–Crippen MR) is 89.7 cm³/mol. The molecule has 2 saturated heterocycles. The van der Waals surface area contributed by atoms with Gasteiger partial charge in [0, 0.05) is 0 Å². The van der Waals surface area contributed by atoms with E-state index in [1.807, 2.05) is 60.7 Å². The Balaban J connectivity index is 1.45. The van der Waals surface area contributed by atoms with Crippen molar-refractivity contribution >= 4 is 5.78 Å². The van der Waals surface area contributed by atoms with E-state index in [-0.39, 0.29) is 12.4 Å². The van der Waals surface area contributed by atoms with Crippen molar-refractivity contribution in [1.82, 2.24) is 0 Å². The lowest BCUT2D eigenvalue weighted by Gasteiger charge is -2.22. The predicted octanol–water partition coefficient (Wildman–Crippen LogP) is 2.48. The molecule has 0 radical (unpaired) electrons. The smallest absolute Gasteiger partial charge is 0.190 e. The molecular weight excluding hydrogens is 320 g/mol. The molecule has 2 heterocycles. The minimum atomic E-state index is -0.622. The molecule has 2 aromatic carbocycles. The highest BCUT2D eigenvalue weighted by atomic mass is 16.7. The van der Waals surface area contributed by atoms with Crippen LogP contribution >= 0.6 is 0 Å². The normalized spacial score (nSPS) is 28.2. The topological polar surface area (TPSA) is 54.0 Å². The van der Waals surface area contributed by atoms with E-state index in [0.717, 1.165) is 11.1 Å². The van der Waals surface area contributed by atoms with Gasteiger partial charge in [-0.05, 0) is 11.1 Å². The van der Waals surface area contributed by atoms with Crippen molar-refractivity contribution in [3.63, 3.8) is 0 Å². The van der Waals surface area contributed by atoms with Crippen molar-refractivity contribution in [3.8, 4) is 0 Å². The Labute approximate surface area is 146 Å². The zero-order chi connectivity index (χ0) is 17.1. The number of benzene rings is 2. The number of rotatable bonds is 6. The van der Waals surface area contributed by atoms with Crippen LogP contribution < -0.4 is 0 Å². The molecule has 0 amide bonds. The van der Waals surface area contributed by atoms with E-state index in [4.69, 9.17) is 18.9 Å². The molecule has 2 bridgehead atoms. The number of carbonyl (C=O) groups excluding carboxylic acids is 1. The average molecular weight is 340 g/mol. The van der Waals surface area contributed by atoms with Crippen molar-refractivity contribution in [2.24, 2.45) is 0 Å². The minimum absolute atomic E-state index is 0.0473.